The summed E-state index contributed by atoms with van der Waals surface area (Å²) in [6, 6.07) is 11.3. The zero-order valence-electron chi connectivity index (χ0n) is 20.8. The van der Waals surface area contributed by atoms with E-state index in [1.54, 1.807) is 24.3 Å². The molecule has 1 aliphatic heterocycles. The van der Waals surface area contributed by atoms with Crippen LogP contribution in [0.15, 0.2) is 60.8 Å². The quantitative estimate of drug-likeness (QED) is 0.190. The molecule has 0 spiro atoms. The fourth-order valence-corrected chi connectivity index (χ4v) is 5.13. The van der Waals surface area contributed by atoms with Crippen LogP contribution in [0.1, 0.15) is 22.4 Å². The first-order valence-corrected chi connectivity index (χ1v) is 13.0. The van der Waals surface area contributed by atoms with Crippen molar-refractivity contribution < 1.29 is 27.1 Å². The molecule has 40 heavy (non-hydrogen) atoms. The van der Waals surface area contributed by atoms with Gasteiger partial charge < -0.3 is 10.1 Å². The minimum absolute atomic E-state index is 0.0387. The van der Waals surface area contributed by atoms with E-state index in [4.69, 9.17) is 23.2 Å². The second kappa shape index (κ2) is 11.5. The molecule has 4 aromatic rings. The van der Waals surface area contributed by atoms with E-state index in [0.717, 1.165) is 22.4 Å². The topological polar surface area (TPSA) is 59.4 Å². The summed E-state index contributed by atoms with van der Waals surface area (Å²) in [5.74, 6) is -0.904. The Labute approximate surface area is 236 Å². The third-order valence-electron chi connectivity index (χ3n) is 6.49. The highest BCUT2D eigenvalue weighted by atomic mass is 35.5. The number of pyridine rings is 1. The number of hydrogen-bond acceptors (Lipinski definition) is 4. The number of nitrogens with one attached hydrogen (secondary N) is 1. The Balaban J connectivity index is 1.42. The lowest BCUT2D eigenvalue weighted by Gasteiger charge is -2.27. The zero-order chi connectivity index (χ0) is 28.4. The number of carbonyl (C=O) groups is 1. The van der Waals surface area contributed by atoms with Crippen LogP contribution in [0.5, 0.6) is 5.75 Å². The number of fused-ring (bicyclic) bond motifs is 3. The van der Waals surface area contributed by atoms with Gasteiger partial charge in [-0.3, -0.25) is 9.47 Å². The number of benzene rings is 2. The molecule has 0 aliphatic carbocycles. The monoisotopic (exact) mass is 592 g/mol. The second-order valence-corrected chi connectivity index (χ2v) is 9.99. The molecule has 3 heterocycles. The van der Waals surface area contributed by atoms with Gasteiger partial charge in [-0.2, -0.15) is 0 Å². The van der Waals surface area contributed by atoms with Gasteiger partial charge in [0, 0.05) is 55.9 Å². The summed E-state index contributed by atoms with van der Waals surface area (Å²) in [5, 5.41) is 3.80. The predicted octanol–water partition coefficient (Wildman–Crippen LogP) is 7.21. The SMILES string of the molecule is O=C(NCc1ccnc(Cl)c1)n1c2c(c3ccc(OC(F)(F)F)cc31)CN(C/C=C/c1ccc(F)c(Cl)c1)CC2. The van der Waals surface area contributed by atoms with Gasteiger partial charge in [0.1, 0.15) is 16.7 Å². The number of rotatable bonds is 6. The maximum Gasteiger partial charge on any atom is 0.573 e. The van der Waals surface area contributed by atoms with Crippen LogP contribution in [0.4, 0.5) is 22.4 Å². The molecule has 1 amide bonds. The van der Waals surface area contributed by atoms with Gasteiger partial charge in [0.25, 0.3) is 0 Å². The van der Waals surface area contributed by atoms with Gasteiger partial charge in [-0.1, -0.05) is 41.4 Å². The maximum atomic E-state index is 13.4. The van der Waals surface area contributed by atoms with Gasteiger partial charge in [0.05, 0.1) is 10.5 Å². The van der Waals surface area contributed by atoms with Crippen LogP contribution < -0.4 is 10.1 Å². The Morgan fingerprint density at radius 2 is 1.95 bits per heavy atom. The van der Waals surface area contributed by atoms with E-state index in [1.165, 1.54) is 35.0 Å². The van der Waals surface area contributed by atoms with E-state index >= 15 is 0 Å². The lowest BCUT2D eigenvalue weighted by Crippen LogP contribution is -2.34. The molecule has 0 radical (unpaired) electrons. The number of ether oxygens (including phenoxy) is 1. The Bertz CT molecular complexity index is 1600. The molecule has 0 atom stereocenters. The summed E-state index contributed by atoms with van der Waals surface area (Å²) in [4.78, 5) is 19.4. The van der Waals surface area contributed by atoms with Gasteiger partial charge in [0.2, 0.25) is 0 Å². The summed E-state index contributed by atoms with van der Waals surface area (Å²) >= 11 is 11.8. The molecule has 12 heteroatoms. The van der Waals surface area contributed by atoms with Crippen molar-refractivity contribution in [2.24, 2.45) is 0 Å². The normalized spacial score (nSPS) is 14.1. The molecule has 0 unspecified atom stereocenters. The summed E-state index contributed by atoms with van der Waals surface area (Å²) in [6.07, 6.45) is 0.903. The summed E-state index contributed by atoms with van der Waals surface area (Å²) in [7, 11) is 0. The fourth-order valence-electron chi connectivity index (χ4n) is 4.74. The molecule has 0 bridgehead atoms. The van der Waals surface area contributed by atoms with E-state index in [9.17, 15) is 22.4 Å². The van der Waals surface area contributed by atoms with Gasteiger partial charge >= 0.3 is 12.4 Å². The molecule has 2 aromatic carbocycles. The van der Waals surface area contributed by atoms with Gasteiger partial charge in [-0.25, -0.2) is 14.2 Å². The molecule has 208 valence electrons. The molecule has 0 fully saturated rings. The van der Waals surface area contributed by atoms with Crippen molar-refractivity contribution in [1.29, 1.82) is 0 Å². The van der Waals surface area contributed by atoms with E-state index in [-0.39, 0.29) is 16.7 Å². The van der Waals surface area contributed by atoms with Crippen molar-refractivity contribution in [3.05, 3.63) is 99.2 Å². The average Bonchev–Trinajstić information content (AvgIpc) is 3.21. The molecule has 2 aromatic heterocycles. The largest absolute Gasteiger partial charge is 0.573 e. The van der Waals surface area contributed by atoms with Crippen LogP contribution >= 0.6 is 23.2 Å². The number of halogens is 6. The van der Waals surface area contributed by atoms with E-state index < -0.39 is 24.0 Å². The van der Waals surface area contributed by atoms with Crippen molar-refractivity contribution in [3.63, 3.8) is 0 Å². The predicted molar refractivity (Wildman–Crippen MR) is 145 cm³/mol. The van der Waals surface area contributed by atoms with Crippen molar-refractivity contribution in [2.45, 2.75) is 25.9 Å². The molecular weight excluding hydrogens is 571 g/mol. The molecule has 0 saturated carbocycles. The van der Waals surface area contributed by atoms with Crippen LogP contribution in [0.25, 0.3) is 17.0 Å². The molecule has 1 N–H and O–H groups in total. The number of alkyl halides is 3. The van der Waals surface area contributed by atoms with Crippen LogP contribution in [-0.2, 0) is 19.5 Å². The highest BCUT2D eigenvalue weighted by molar-refractivity contribution is 6.30. The highest BCUT2D eigenvalue weighted by Gasteiger charge is 2.32. The molecule has 6 nitrogen and oxygen atoms in total. The van der Waals surface area contributed by atoms with Crippen LogP contribution in [0.3, 0.4) is 0 Å². The third kappa shape index (κ3) is 6.41. The first kappa shape index (κ1) is 27.9. The number of nitrogens with zero attached hydrogens (tertiary/aromatic N) is 3. The van der Waals surface area contributed by atoms with E-state index in [0.29, 0.717) is 37.0 Å². The maximum absolute atomic E-state index is 13.4. The van der Waals surface area contributed by atoms with Crippen LogP contribution in [0, 0.1) is 5.82 Å². The first-order valence-electron chi connectivity index (χ1n) is 12.2. The number of aromatic nitrogens is 2. The summed E-state index contributed by atoms with van der Waals surface area (Å²) < 4.78 is 57.8. The number of amides is 1. The Kier molecular flexibility index (Phi) is 8.02. The minimum atomic E-state index is -4.87. The van der Waals surface area contributed by atoms with E-state index in [2.05, 4.69) is 19.9 Å². The summed E-state index contributed by atoms with van der Waals surface area (Å²) in [6.45, 7) is 1.79. The Morgan fingerprint density at radius 1 is 1.12 bits per heavy atom. The van der Waals surface area contributed by atoms with Crippen LogP contribution in [-0.4, -0.2) is 39.9 Å². The van der Waals surface area contributed by atoms with Gasteiger partial charge in [-0.15, -0.1) is 13.2 Å². The van der Waals surface area contributed by atoms with Crippen molar-refractivity contribution in [3.8, 4) is 5.75 Å². The zero-order valence-corrected chi connectivity index (χ0v) is 22.3. The lowest BCUT2D eigenvalue weighted by molar-refractivity contribution is -0.274. The molecular formula is C28H22Cl2F4N4O2. The Morgan fingerprint density at radius 3 is 2.70 bits per heavy atom. The first-order chi connectivity index (χ1) is 19.1. The van der Waals surface area contributed by atoms with Gasteiger partial charge in [-0.05, 0) is 53.1 Å². The smallest absolute Gasteiger partial charge is 0.406 e. The van der Waals surface area contributed by atoms with E-state index in [1.807, 2.05) is 12.2 Å². The second-order valence-electron chi connectivity index (χ2n) is 9.19. The van der Waals surface area contributed by atoms with Crippen molar-refractivity contribution in [1.82, 2.24) is 19.8 Å². The third-order valence-corrected chi connectivity index (χ3v) is 6.99. The lowest BCUT2D eigenvalue weighted by atomic mass is 10.0. The standard InChI is InChI=1S/C28H22Cl2F4N4O2/c29-22-12-17(3-6-23(22)31)2-1-10-37-11-8-24-21(16-37)20-5-4-19(40-28(32,33)34)14-25(20)38(24)27(39)36-15-18-7-9-35-26(30)13-18/h1-7,9,12-14H,8,10-11,15-16H2,(H,36,39)/b2-1+. The molecule has 5 rings (SSSR count). The van der Waals surface area contributed by atoms with Crippen LogP contribution in [0.2, 0.25) is 10.2 Å². The number of carbonyl (C=O) groups excluding carboxylic acids is 1. The Hall–Kier alpha value is -3.60. The molecule has 1 aliphatic rings. The minimum Gasteiger partial charge on any atom is -0.406 e. The average molecular weight is 593 g/mol. The van der Waals surface area contributed by atoms with Crippen molar-refractivity contribution in [2.75, 3.05) is 13.1 Å². The fraction of sp³-hybridized carbons (Fsp3) is 0.214. The summed E-state index contributed by atoms with van der Waals surface area (Å²) in [5.41, 5.74) is 3.36. The van der Waals surface area contributed by atoms with Gasteiger partial charge in [0.15, 0.2) is 0 Å². The highest BCUT2D eigenvalue weighted by Crippen LogP contribution is 2.34. The molecule has 0 saturated heterocycles. The number of hydrogen-bond donors (Lipinski definition) is 1. The van der Waals surface area contributed by atoms with Crippen molar-refractivity contribution >= 4 is 46.2 Å².